The summed E-state index contributed by atoms with van der Waals surface area (Å²) in [6.07, 6.45) is 2.73. The Morgan fingerprint density at radius 1 is 0.917 bits per heavy atom. The van der Waals surface area contributed by atoms with Crippen LogP contribution in [0.1, 0.15) is 40.5 Å². The molecule has 0 rings (SSSR count). The maximum absolute atomic E-state index is 2.38. The summed E-state index contributed by atoms with van der Waals surface area (Å²) in [5, 5.41) is 1.34. The van der Waals surface area contributed by atoms with E-state index in [0.717, 1.165) is 0 Å². The predicted molar refractivity (Wildman–Crippen MR) is 58.9 cm³/mol. The van der Waals surface area contributed by atoms with E-state index in [-0.39, 0.29) is 0 Å². The van der Waals surface area contributed by atoms with E-state index in [1.807, 2.05) is 0 Å². The Morgan fingerprint density at radius 3 is 1.33 bits per heavy atom. The Bertz CT molecular complexity index is 55.3. The zero-order valence-corrected chi connectivity index (χ0v) is 9.69. The van der Waals surface area contributed by atoms with Crippen molar-refractivity contribution in [1.82, 2.24) is 4.90 Å². The average molecular weight is 165 g/mol. The maximum atomic E-state index is 2.38. The molecule has 0 aliphatic rings. The van der Waals surface area contributed by atoms with E-state index in [1.165, 1.54) is 37.6 Å². The Labute approximate surface area is 88.1 Å². The van der Waals surface area contributed by atoms with E-state index in [9.17, 15) is 0 Å². The Kier molecular flexibility index (Phi) is 17.7. The molecule has 0 heterocycles. The van der Waals surface area contributed by atoms with Crippen LogP contribution in [0.2, 0.25) is 5.09 Å². The van der Waals surface area contributed by atoms with Crippen molar-refractivity contribution in [2.75, 3.05) is 19.6 Å². The molecule has 0 spiro atoms. The second kappa shape index (κ2) is 14.1. The molecule has 0 aromatic heterocycles. The van der Waals surface area contributed by atoms with Crippen LogP contribution in [0.4, 0.5) is 0 Å². The first kappa shape index (κ1) is 15.0. The number of rotatable bonds is 5. The molecule has 0 fully saturated rings. The van der Waals surface area contributed by atoms with Gasteiger partial charge in [0.2, 0.25) is 0 Å². The van der Waals surface area contributed by atoms with Crippen molar-refractivity contribution in [3.05, 3.63) is 0 Å². The van der Waals surface area contributed by atoms with E-state index in [1.54, 1.807) is 0 Å². The van der Waals surface area contributed by atoms with Crippen LogP contribution < -0.4 is 0 Å². The van der Waals surface area contributed by atoms with Crippen LogP contribution in [0.15, 0.2) is 0 Å². The molecule has 70 valence electrons. The number of unbranched alkanes of at least 4 members (excludes halogenated alkanes) is 1. The normalized spacial score (nSPS) is 9.58. The van der Waals surface area contributed by atoms with Crippen LogP contribution in [-0.4, -0.2) is 42.2 Å². The Balaban J connectivity index is 0. The summed E-state index contributed by atoms with van der Waals surface area (Å²) < 4.78 is 0. The minimum absolute atomic E-state index is 1.19. The van der Waals surface area contributed by atoms with Crippen LogP contribution in [0.3, 0.4) is 0 Å². The van der Waals surface area contributed by atoms with Crippen molar-refractivity contribution >= 4 is 17.7 Å². The molecular weight excluding hydrogens is 141 g/mol. The molecule has 2 heteroatoms. The van der Waals surface area contributed by atoms with Gasteiger partial charge in [-0.3, -0.25) is 0 Å². The summed E-state index contributed by atoms with van der Waals surface area (Å²) in [7, 11) is 0. The molecule has 0 aliphatic carbocycles. The first-order valence-electron chi connectivity index (χ1n) is 5.48. The Hall–Kier alpha value is 0.557. The van der Waals surface area contributed by atoms with Gasteiger partial charge >= 0.3 is 42.6 Å². The molecule has 0 unspecified atom stereocenters. The molecular formula is C10H24LiN. The summed E-state index contributed by atoms with van der Waals surface area (Å²) in [6, 6.07) is 0. The van der Waals surface area contributed by atoms with Crippen molar-refractivity contribution in [3.8, 4) is 0 Å². The minimum atomic E-state index is 1.19. The average Bonchev–Trinajstić information content (AvgIpc) is 2.10. The fourth-order valence-corrected chi connectivity index (χ4v) is 1.02. The van der Waals surface area contributed by atoms with Crippen molar-refractivity contribution in [2.24, 2.45) is 0 Å². The van der Waals surface area contributed by atoms with Gasteiger partial charge in [0.15, 0.2) is 0 Å². The van der Waals surface area contributed by atoms with Gasteiger partial charge in [0.05, 0.1) is 0 Å². The molecule has 0 atom stereocenters. The van der Waals surface area contributed by atoms with Gasteiger partial charge in [0, 0.05) is 0 Å². The van der Waals surface area contributed by atoms with Gasteiger partial charge in [-0.25, -0.2) is 0 Å². The molecule has 0 amide bonds. The third-order valence-electron chi connectivity index (χ3n) is 2.05. The van der Waals surface area contributed by atoms with Crippen molar-refractivity contribution < 1.29 is 0 Å². The quantitative estimate of drug-likeness (QED) is 0.566. The molecule has 0 N–H and O–H groups in total. The van der Waals surface area contributed by atoms with Crippen LogP contribution in [-0.2, 0) is 0 Å². The Morgan fingerprint density at radius 2 is 1.33 bits per heavy atom. The molecule has 12 heavy (non-hydrogen) atoms. The topological polar surface area (TPSA) is 3.24 Å². The molecule has 0 radical (unpaired) electrons. The summed E-state index contributed by atoms with van der Waals surface area (Å²) in [6.45, 7) is 12.3. The summed E-state index contributed by atoms with van der Waals surface area (Å²) >= 11 is 2.21. The third-order valence-corrected chi connectivity index (χ3v) is 2.05. The second-order valence-electron chi connectivity index (χ2n) is 2.97. The summed E-state index contributed by atoms with van der Waals surface area (Å²) in [5.41, 5.74) is 0. The van der Waals surface area contributed by atoms with E-state index in [0.29, 0.717) is 0 Å². The van der Waals surface area contributed by atoms with E-state index < -0.39 is 0 Å². The molecule has 0 saturated carbocycles. The zero-order valence-electron chi connectivity index (χ0n) is 9.69. The predicted octanol–water partition coefficient (Wildman–Crippen LogP) is 2.72. The summed E-state index contributed by atoms with van der Waals surface area (Å²) in [5.74, 6) is 0. The first-order chi connectivity index (χ1) is 5.76. The van der Waals surface area contributed by atoms with Gasteiger partial charge in [0.25, 0.3) is 0 Å². The molecule has 0 aromatic carbocycles. The van der Waals surface area contributed by atoms with Crippen LogP contribution >= 0.6 is 0 Å². The number of nitrogens with zero attached hydrogens (tertiary/aromatic N) is 1. The second-order valence-corrected chi connectivity index (χ2v) is 2.97. The molecule has 0 aromatic rings. The van der Waals surface area contributed by atoms with Gasteiger partial charge in [-0.15, -0.1) is 0 Å². The monoisotopic (exact) mass is 165 g/mol. The van der Waals surface area contributed by atoms with Gasteiger partial charge in [-0.1, -0.05) is 20.8 Å². The van der Waals surface area contributed by atoms with Crippen molar-refractivity contribution in [2.45, 2.75) is 45.6 Å². The van der Waals surface area contributed by atoms with E-state index in [4.69, 9.17) is 0 Å². The number of hydrogen-bond donors (Lipinski definition) is 0. The fourth-order valence-electron chi connectivity index (χ4n) is 1.02. The molecule has 0 bridgehead atoms. The standard InChI is InChI=1S/C6H15N.C4H9.Li/c1-4-7(5-2)6-3;1-3-4-2;/h4-6H2,1-3H3;1,3-4H2,2H3;. The SMILES string of the molecule is CCN(CC)CC.[Li][CH2]CCC. The van der Waals surface area contributed by atoms with Crippen LogP contribution in [0, 0.1) is 0 Å². The first-order valence-corrected chi connectivity index (χ1v) is 5.48. The third kappa shape index (κ3) is 13.2. The van der Waals surface area contributed by atoms with Gasteiger partial charge in [-0.05, 0) is 19.6 Å². The molecule has 0 aliphatic heterocycles. The molecule has 1 nitrogen and oxygen atoms in total. The molecule has 0 saturated heterocycles. The zero-order chi connectivity index (χ0) is 9.82. The van der Waals surface area contributed by atoms with Crippen molar-refractivity contribution in [1.29, 1.82) is 0 Å². The van der Waals surface area contributed by atoms with Gasteiger partial charge < -0.3 is 4.90 Å². The summed E-state index contributed by atoms with van der Waals surface area (Å²) in [4.78, 5) is 2.38. The van der Waals surface area contributed by atoms with E-state index >= 15 is 0 Å². The van der Waals surface area contributed by atoms with Gasteiger partial charge in [0.1, 0.15) is 0 Å². The number of hydrogen-bond acceptors (Lipinski definition) is 1. The fraction of sp³-hybridized carbons (Fsp3) is 1.00. The van der Waals surface area contributed by atoms with Crippen molar-refractivity contribution in [3.63, 3.8) is 0 Å². The van der Waals surface area contributed by atoms with Crippen LogP contribution in [0.25, 0.3) is 0 Å². The van der Waals surface area contributed by atoms with Gasteiger partial charge in [-0.2, -0.15) is 0 Å². The van der Waals surface area contributed by atoms with Crippen LogP contribution in [0.5, 0.6) is 0 Å². The van der Waals surface area contributed by atoms with E-state index in [2.05, 4.69) is 50.3 Å².